The molecule has 0 aromatic carbocycles. The Kier molecular flexibility index (Phi) is 6.54. The van der Waals surface area contributed by atoms with Gasteiger partial charge in [-0.1, -0.05) is 24.6 Å². The zero-order valence-corrected chi connectivity index (χ0v) is 15.3. The number of carbonyl (C=O) groups is 1. The van der Waals surface area contributed by atoms with Crippen LogP contribution in [0.4, 0.5) is 0 Å². The molecular weight excluding hydrogens is 324 g/mol. The number of amides is 1. The Labute approximate surface area is 148 Å². The van der Waals surface area contributed by atoms with Crippen LogP contribution in [0, 0.1) is 5.92 Å². The van der Waals surface area contributed by atoms with Crippen LogP contribution in [0.3, 0.4) is 0 Å². The standard InChI is InChI=1S/C17H28N4O2S/c1-24-17-20-19-15(21(17)14-5-2-3-6-14)7-4-10-18-16(22)13-8-11-23-12-9-13/h13-14H,2-12H2,1H3,(H,18,22). The number of ether oxygens (including phenoxy) is 1. The molecule has 2 fully saturated rings. The molecule has 24 heavy (non-hydrogen) atoms. The van der Waals surface area contributed by atoms with Crippen molar-refractivity contribution in [2.75, 3.05) is 26.0 Å². The summed E-state index contributed by atoms with van der Waals surface area (Å²) in [6.45, 7) is 2.13. The summed E-state index contributed by atoms with van der Waals surface area (Å²) in [6.07, 6.45) is 10.6. The predicted octanol–water partition coefficient (Wildman–Crippen LogP) is 2.59. The first-order chi connectivity index (χ1) is 11.8. The molecule has 1 aliphatic heterocycles. The van der Waals surface area contributed by atoms with Crippen molar-refractivity contribution in [1.29, 1.82) is 0 Å². The number of thioether (sulfide) groups is 1. The Morgan fingerprint density at radius 1 is 1.25 bits per heavy atom. The van der Waals surface area contributed by atoms with Gasteiger partial charge in [-0.15, -0.1) is 10.2 Å². The summed E-state index contributed by atoms with van der Waals surface area (Å²) in [4.78, 5) is 12.1. The van der Waals surface area contributed by atoms with Gasteiger partial charge in [-0.2, -0.15) is 0 Å². The van der Waals surface area contributed by atoms with Gasteiger partial charge < -0.3 is 14.6 Å². The van der Waals surface area contributed by atoms with Crippen molar-refractivity contribution in [1.82, 2.24) is 20.1 Å². The van der Waals surface area contributed by atoms with Crippen LogP contribution < -0.4 is 5.32 Å². The average Bonchev–Trinajstić information content (AvgIpc) is 3.28. The first-order valence-corrected chi connectivity index (χ1v) is 10.3. The molecule has 7 heteroatoms. The quantitative estimate of drug-likeness (QED) is 0.603. The Morgan fingerprint density at radius 3 is 2.71 bits per heavy atom. The second-order valence-corrected chi connectivity index (χ2v) is 7.47. The van der Waals surface area contributed by atoms with Crippen LogP contribution in [0.1, 0.15) is 56.8 Å². The van der Waals surface area contributed by atoms with Crippen LogP contribution in [0.2, 0.25) is 0 Å². The molecule has 1 aliphatic carbocycles. The lowest BCUT2D eigenvalue weighted by molar-refractivity contribution is -0.127. The van der Waals surface area contributed by atoms with Gasteiger partial charge in [-0.3, -0.25) is 4.79 Å². The van der Waals surface area contributed by atoms with Crippen LogP contribution in [0.25, 0.3) is 0 Å². The molecular formula is C17H28N4O2S. The maximum atomic E-state index is 12.1. The van der Waals surface area contributed by atoms with Crippen LogP contribution in [0.15, 0.2) is 5.16 Å². The zero-order valence-electron chi connectivity index (χ0n) is 14.5. The third-order valence-electron chi connectivity index (χ3n) is 5.08. The fraction of sp³-hybridized carbons (Fsp3) is 0.824. The van der Waals surface area contributed by atoms with E-state index in [0.717, 1.165) is 36.7 Å². The number of hydrogen-bond acceptors (Lipinski definition) is 5. The van der Waals surface area contributed by atoms with Crippen LogP contribution in [-0.2, 0) is 16.0 Å². The van der Waals surface area contributed by atoms with Gasteiger partial charge in [-0.25, -0.2) is 0 Å². The number of hydrogen-bond donors (Lipinski definition) is 1. The Balaban J connectivity index is 1.48. The normalized spacial score (nSPS) is 19.7. The van der Waals surface area contributed by atoms with E-state index in [4.69, 9.17) is 4.74 Å². The van der Waals surface area contributed by atoms with E-state index in [1.54, 1.807) is 11.8 Å². The molecule has 0 atom stereocenters. The number of carbonyl (C=O) groups excluding carboxylic acids is 1. The molecule has 0 unspecified atom stereocenters. The summed E-state index contributed by atoms with van der Waals surface area (Å²) in [5, 5.41) is 12.8. The summed E-state index contributed by atoms with van der Waals surface area (Å²) < 4.78 is 7.65. The molecule has 1 aromatic rings. The molecule has 1 N–H and O–H groups in total. The summed E-state index contributed by atoms with van der Waals surface area (Å²) in [5.74, 6) is 1.39. The van der Waals surface area contributed by atoms with Crippen LogP contribution >= 0.6 is 11.8 Å². The highest BCUT2D eigenvalue weighted by Gasteiger charge is 2.24. The molecule has 0 bridgehead atoms. The SMILES string of the molecule is CSc1nnc(CCCNC(=O)C2CCOCC2)n1C1CCCC1. The van der Waals surface area contributed by atoms with Gasteiger partial charge in [0.1, 0.15) is 5.82 Å². The van der Waals surface area contributed by atoms with Crippen molar-refractivity contribution in [2.45, 2.75) is 62.6 Å². The highest BCUT2D eigenvalue weighted by molar-refractivity contribution is 7.98. The van der Waals surface area contributed by atoms with Gasteiger partial charge in [0.15, 0.2) is 5.16 Å². The number of nitrogens with one attached hydrogen (secondary N) is 1. The molecule has 1 aromatic heterocycles. The third kappa shape index (κ3) is 4.30. The fourth-order valence-electron chi connectivity index (χ4n) is 3.71. The van der Waals surface area contributed by atoms with E-state index in [-0.39, 0.29) is 11.8 Å². The van der Waals surface area contributed by atoms with Crippen LogP contribution in [0.5, 0.6) is 0 Å². The summed E-state index contributed by atoms with van der Waals surface area (Å²) in [7, 11) is 0. The molecule has 0 spiro atoms. The first-order valence-electron chi connectivity index (χ1n) is 9.13. The van der Waals surface area contributed by atoms with Crippen molar-refractivity contribution in [3.8, 4) is 0 Å². The van der Waals surface area contributed by atoms with Crippen molar-refractivity contribution < 1.29 is 9.53 Å². The van der Waals surface area contributed by atoms with Crippen molar-refractivity contribution in [3.05, 3.63) is 5.82 Å². The largest absolute Gasteiger partial charge is 0.381 e. The number of aryl methyl sites for hydroxylation is 1. The summed E-state index contributed by atoms with van der Waals surface area (Å²) in [5.41, 5.74) is 0. The summed E-state index contributed by atoms with van der Waals surface area (Å²) >= 11 is 1.67. The minimum Gasteiger partial charge on any atom is -0.381 e. The lowest BCUT2D eigenvalue weighted by Gasteiger charge is -2.21. The molecule has 2 heterocycles. The Hall–Kier alpha value is -1.08. The summed E-state index contributed by atoms with van der Waals surface area (Å²) in [6, 6.07) is 0.564. The van der Waals surface area contributed by atoms with Crippen molar-refractivity contribution >= 4 is 17.7 Å². The second kappa shape index (κ2) is 8.85. The lowest BCUT2D eigenvalue weighted by atomic mass is 9.99. The van der Waals surface area contributed by atoms with Crippen molar-refractivity contribution in [3.63, 3.8) is 0 Å². The molecule has 134 valence electrons. The van der Waals surface area contributed by atoms with Gasteiger partial charge in [0.2, 0.25) is 5.91 Å². The smallest absolute Gasteiger partial charge is 0.223 e. The molecule has 3 rings (SSSR count). The van der Waals surface area contributed by atoms with Gasteiger partial charge in [0.25, 0.3) is 0 Å². The molecule has 6 nitrogen and oxygen atoms in total. The average molecular weight is 353 g/mol. The molecule has 1 saturated carbocycles. The highest BCUT2D eigenvalue weighted by atomic mass is 32.2. The second-order valence-electron chi connectivity index (χ2n) is 6.69. The molecule has 1 saturated heterocycles. The maximum Gasteiger partial charge on any atom is 0.223 e. The number of nitrogens with zero attached hydrogens (tertiary/aromatic N) is 3. The monoisotopic (exact) mass is 352 g/mol. The number of rotatable bonds is 7. The van der Waals surface area contributed by atoms with Crippen LogP contribution in [-0.4, -0.2) is 46.7 Å². The highest BCUT2D eigenvalue weighted by Crippen LogP contribution is 2.33. The Bertz CT molecular complexity index is 537. The topological polar surface area (TPSA) is 69.0 Å². The van der Waals surface area contributed by atoms with E-state index >= 15 is 0 Å². The van der Waals surface area contributed by atoms with E-state index in [9.17, 15) is 4.79 Å². The van der Waals surface area contributed by atoms with E-state index in [1.165, 1.54) is 25.7 Å². The van der Waals surface area contributed by atoms with E-state index in [2.05, 4.69) is 26.3 Å². The van der Waals surface area contributed by atoms with Gasteiger partial charge >= 0.3 is 0 Å². The zero-order chi connectivity index (χ0) is 16.8. The first kappa shape index (κ1) is 17.7. The fourth-order valence-corrected chi connectivity index (χ4v) is 4.28. The molecule has 1 amide bonds. The Morgan fingerprint density at radius 2 is 2.00 bits per heavy atom. The van der Waals surface area contributed by atoms with Gasteiger partial charge in [0, 0.05) is 38.1 Å². The molecule has 0 radical (unpaired) electrons. The van der Waals surface area contributed by atoms with E-state index in [0.29, 0.717) is 25.8 Å². The minimum absolute atomic E-state index is 0.129. The number of aromatic nitrogens is 3. The third-order valence-corrected chi connectivity index (χ3v) is 5.72. The minimum atomic E-state index is 0.129. The molecule has 2 aliphatic rings. The van der Waals surface area contributed by atoms with Gasteiger partial charge in [-0.05, 0) is 38.4 Å². The maximum absolute atomic E-state index is 12.1. The lowest BCUT2D eigenvalue weighted by Crippen LogP contribution is -2.34. The van der Waals surface area contributed by atoms with Gasteiger partial charge in [0.05, 0.1) is 0 Å². The van der Waals surface area contributed by atoms with E-state index < -0.39 is 0 Å². The van der Waals surface area contributed by atoms with E-state index in [1.807, 2.05) is 0 Å². The predicted molar refractivity (Wildman–Crippen MR) is 94.2 cm³/mol. The van der Waals surface area contributed by atoms with Crippen molar-refractivity contribution in [2.24, 2.45) is 5.92 Å².